The van der Waals surface area contributed by atoms with Crippen molar-refractivity contribution in [1.82, 2.24) is 0 Å². The van der Waals surface area contributed by atoms with E-state index in [9.17, 15) is 4.79 Å². The Morgan fingerprint density at radius 1 is 1.30 bits per heavy atom. The molecule has 0 saturated heterocycles. The molecule has 108 valence electrons. The molecule has 5 nitrogen and oxygen atoms in total. The molecule has 2 atom stereocenters. The van der Waals surface area contributed by atoms with Gasteiger partial charge in [0, 0.05) is 12.1 Å². The van der Waals surface area contributed by atoms with Crippen LogP contribution in [0.3, 0.4) is 0 Å². The Morgan fingerprint density at radius 3 is 2.60 bits per heavy atom. The van der Waals surface area contributed by atoms with Crippen LogP contribution in [-0.4, -0.2) is 33.1 Å². The van der Waals surface area contributed by atoms with Gasteiger partial charge in [0.2, 0.25) is 0 Å². The standard InChI is InChI=1S/C14H15ClO5/c1-17-8-19-13(9-3-5-10(15)6-4-9)14-11(18-2)7-12(16)20-14/h3-7,13-14H,8H2,1-2H3. The number of methoxy groups -OCH3 is 2. The summed E-state index contributed by atoms with van der Waals surface area (Å²) in [7, 11) is 3.00. The number of carbonyl (C=O) groups excluding carboxylic acids is 1. The molecule has 0 radical (unpaired) electrons. The summed E-state index contributed by atoms with van der Waals surface area (Å²) >= 11 is 5.87. The van der Waals surface area contributed by atoms with E-state index in [1.807, 2.05) is 12.1 Å². The van der Waals surface area contributed by atoms with Crippen LogP contribution in [0.2, 0.25) is 5.02 Å². The van der Waals surface area contributed by atoms with Crippen LogP contribution < -0.4 is 0 Å². The van der Waals surface area contributed by atoms with Crippen LogP contribution in [0.1, 0.15) is 11.7 Å². The largest absolute Gasteiger partial charge is 0.497 e. The van der Waals surface area contributed by atoms with Crippen molar-refractivity contribution in [3.63, 3.8) is 0 Å². The number of halogens is 1. The lowest BCUT2D eigenvalue weighted by Crippen LogP contribution is -2.25. The fraction of sp³-hybridized carbons (Fsp3) is 0.357. The van der Waals surface area contributed by atoms with Crippen molar-refractivity contribution in [1.29, 1.82) is 0 Å². The maximum absolute atomic E-state index is 11.4. The Balaban J connectivity index is 2.25. The zero-order valence-electron chi connectivity index (χ0n) is 11.2. The van der Waals surface area contributed by atoms with Crippen LogP contribution >= 0.6 is 11.6 Å². The van der Waals surface area contributed by atoms with E-state index in [1.165, 1.54) is 20.3 Å². The minimum atomic E-state index is -0.635. The second-order valence-corrected chi connectivity index (χ2v) is 4.59. The van der Waals surface area contributed by atoms with E-state index in [-0.39, 0.29) is 6.79 Å². The molecule has 1 aliphatic rings. The van der Waals surface area contributed by atoms with Crippen LogP contribution in [-0.2, 0) is 23.7 Å². The Morgan fingerprint density at radius 2 is 2.00 bits per heavy atom. The number of cyclic esters (lactones) is 1. The Bertz CT molecular complexity index is 497. The van der Waals surface area contributed by atoms with Gasteiger partial charge in [0.25, 0.3) is 0 Å². The molecular formula is C14H15ClO5. The average Bonchev–Trinajstić information content (AvgIpc) is 2.82. The van der Waals surface area contributed by atoms with Crippen molar-refractivity contribution < 1.29 is 23.7 Å². The van der Waals surface area contributed by atoms with Gasteiger partial charge in [-0.1, -0.05) is 23.7 Å². The highest BCUT2D eigenvalue weighted by Gasteiger charge is 2.36. The molecule has 0 spiro atoms. The topological polar surface area (TPSA) is 54.0 Å². The molecule has 1 aromatic carbocycles. The highest BCUT2D eigenvalue weighted by Crippen LogP contribution is 2.32. The molecule has 0 aliphatic carbocycles. The number of hydrogen-bond acceptors (Lipinski definition) is 5. The van der Waals surface area contributed by atoms with E-state index in [0.717, 1.165) is 5.56 Å². The van der Waals surface area contributed by atoms with Crippen LogP contribution in [0, 0.1) is 0 Å². The smallest absolute Gasteiger partial charge is 0.335 e. The SMILES string of the molecule is COCOC(c1ccc(Cl)cc1)C1OC(=O)C=C1OC. The van der Waals surface area contributed by atoms with E-state index in [2.05, 4.69) is 0 Å². The summed E-state index contributed by atoms with van der Waals surface area (Å²) in [5, 5.41) is 0.616. The highest BCUT2D eigenvalue weighted by atomic mass is 35.5. The van der Waals surface area contributed by atoms with E-state index in [1.54, 1.807) is 12.1 Å². The summed E-state index contributed by atoms with van der Waals surface area (Å²) in [6.07, 6.45) is 0.151. The molecule has 1 aromatic rings. The molecule has 2 unspecified atom stereocenters. The fourth-order valence-electron chi connectivity index (χ4n) is 1.95. The first-order valence-corrected chi connectivity index (χ1v) is 6.35. The van der Waals surface area contributed by atoms with Crippen LogP contribution in [0.5, 0.6) is 0 Å². The molecule has 6 heteroatoms. The minimum absolute atomic E-state index is 0.0678. The number of ether oxygens (including phenoxy) is 4. The van der Waals surface area contributed by atoms with Crippen LogP contribution in [0.25, 0.3) is 0 Å². The molecule has 0 N–H and O–H groups in total. The van der Waals surface area contributed by atoms with Crippen molar-refractivity contribution >= 4 is 17.6 Å². The van der Waals surface area contributed by atoms with Crippen LogP contribution in [0.15, 0.2) is 36.1 Å². The Hall–Kier alpha value is -1.56. The molecule has 0 aromatic heterocycles. The zero-order chi connectivity index (χ0) is 14.5. The Labute approximate surface area is 122 Å². The maximum atomic E-state index is 11.4. The van der Waals surface area contributed by atoms with Gasteiger partial charge in [0.15, 0.2) is 6.10 Å². The second kappa shape index (κ2) is 6.74. The van der Waals surface area contributed by atoms with E-state index in [4.69, 9.17) is 30.5 Å². The van der Waals surface area contributed by atoms with Crippen molar-refractivity contribution in [2.24, 2.45) is 0 Å². The van der Waals surface area contributed by atoms with Gasteiger partial charge < -0.3 is 18.9 Å². The third-order valence-electron chi connectivity index (χ3n) is 2.86. The summed E-state index contributed by atoms with van der Waals surface area (Å²) in [6.45, 7) is 0.0678. The first kappa shape index (κ1) is 14.8. The summed E-state index contributed by atoms with van der Waals surface area (Å²) < 4.78 is 20.9. The third kappa shape index (κ3) is 3.30. The van der Waals surface area contributed by atoms with Crippen LogP contribution in [0.4, 0.5) is 0 Å². The number of esters is 1. The maximum Gasteiger partial charge on any atom is 0.335 e. The van der Waals surface area contributed by atoms with Crippen molar-refractivity contribution in [3.8, 4) is 0 Å². The number of hydrogen-bond donors (Lipinski definition) is 0. The Kier molecular flexibility index (Phi) is 5.00. The van der Waals surface area contributed by atoms with Gasteiger partial charge in [-0.15, -0.1) is 0 Å². The van der Waals surface area contributed by atoms with Crippen molar-refractivity contribution in [2.45, 2.75) is 12.2 Å². The summed E-state index contributed by atoms with van der Waals surface area (Å²) in [5.74, 6) is -0.0297. The lowest BCUT2D eigenvalue weighted by atomic mass is 10.0. The summed E-state index contributed by atoms with van der Waals surface area (Å²) in [6, 6.07) is 7.10. The minimum Gasteiger partial charge on any atom is -0.497 e. The van der Waals surface area contributed by atoms with Gasteiger partial charge in [0.1, 0.15) is 18.7 Å². The van der Waals surface area contributed by atoms with Crippen molar-refractivity contribution in [3.05, 3.63) is 46.7 Å². The number of carbonyl (C=O) groups is 1. The fourth-order valence-corrected chi connectivity index (χ4v) is 2.08. The van der Waals surface area contributed by atoms with Gasteiger partial charge in [-0.2, -0.15) is 0 Å². The lowest BCUT2D eigenvalue weighted by molar-refractivity contribution is -0.155. The predicted octanol–water partition coefficient (Wildman–Crippen LogP) is 2.46. The molecule has 0 fully saturated rings. The molecule has 20 heavy (non-hydrogen) atoms. The van der Waals surface area contributed by atoms with Crippen molar-refractivity contribution in [2.75, 3.05) is 21.0 Å². The highest BCUT2D eigenvalue weighted by molar-refractivity contribution is 6.30. The predicted molar refractivity (Wildman–Crippen MR) is 72.1 cm³/mol. The third-order valence-corrected chi connectivity index (χ3v) is 3.11. The van der Waals surface area contributed by atoms with Gasteiger partial charge in [-0.3, -0.25) is 0 Å². The van der Waals surface area contributed by atoms with E-state index in [0.29, 0.717) is 10.8 Å². The molecule has 1 aliphatic heterocycles. The molecule has 0 saturated carbocycles. The first-order chi connectivity index (χ1) is 9.65. The molecular weight excluding hydrogens is 284 g/mol. The normalized spacial score (nSPS) is 19.4. The first-order valence-electron chi connectivity index (χ1n) is 5.98. The van der Waals surface area contributed by atoms with Gasteiger partial charge in [-0.05, 0) is 17.7 Å². The molecule has 1 heterocycles. The summed E-state index contributed by atoms with van der Waals surface area (Å²) in [4.78, 5) is 11.4. The lowest BCUT2D eigenvalue weighted by Gasteiger charge is -2.24. The molecule has 0 amide bonds. The second-order valence-electron chi connectivity index (χ2n) is 4.15. The van der Waals surface area contributed by atoms with E-state index >= 15 is 0 Å². The van der Waals surface area contributed by atoms with Gasteiger partial charge in [0.05, 0.1) is 13.2 Å². The number of rotatable bonds is 6. The van der Waals surface area contributed by atoms with Gasteiger partial charge >= 0.3 is 5.97 Å². The zero-order valence-corrected chi connectivity index (χ0v) is 11.9. The average molecular weight is 299 g/mol. The molecule has 2 rings (SSSR count). The summed E-state index contributed by atoms with van der Waals surface area (Å²) in [5.41, 5.74) is 0.814. The van der Waals surface area contributed by atoms with E-state index < -0.39 is 18.2 Å². The quantitative estimate of drug-likeness (QED) is 0.596. The van der Waals surface area contributed by atoms with Gasteiger partial charge in [-0.25, -0.2) is 4.79 Å². The molecule has 0 bridgehead atoms. The monoisotopic (exact) mass is 298 g/mol. The number of benzene rings is 1.